The van der Waals surface area contributed by atoms with E-state index in [0.717, 1.165) is 52.3 Å². The summed E-state index contributed by atoms with van der Waals surface area (Å²) in [6.07, 6.45) is 7.72. The Morgan fingerprint density at radius 3 is 2.48 bits per heavy atom. The lowest BCUT2D eigenvalue weighted by Crippen LogP contribution is -2.28. The molecule has 0 saturated heterocycles. The molecule has 6 heteroatoms. The average molecular weight is 520 g/mol. The maximum absolute atomic E-state index is 12.9. The molecule has 152 valence electrons. The van der Waals surface area contributed by atoms with Gasteiger partial charge in [0.1, 0.15) is 11.6 Å². The van der Waals surface area contributed by atoms with Crippen molar-refractivity contribution < 1.29 is 9.53 Å². The van der Waals surface area contributed by atoms with E-state index in [1.54, 1.807) is 7.11 Å². The van der Waals surface area contributed by atoms with Crippen molar-refractivity contribution in [3.05, 3.63) is 82.2 Å². The fourth-order valence-corrected chi connectivity index (χ4v) is 3.93. The number of ether oxygens (including phenoxy) is 1. The van der Waals surface area contributed by atoms with Crippen LogP contribution in [-0.4, -0.2) is 35.8 Å². The molecule has 29 heavy (non-hydrogen) atoms. The molecule has 0 fully saturated rings. The number of rotatable bonds is 5. The number of ketones is 1. The van der Waals surface area contributed by atoms with Crippen LogP contribution in [0.1, 0.15) is 35.2 Å². The molecule has 0 aromatic heterocycles. The van der Waals surface area contributed by atoms with Crippen LogP contribution in [0.15, 0.2) is 71.1 Å². The maximum atomic E-state index is 12.9. The van der Waals surface area contributed by atoms with Gasteiger partial charge < -0.3 is 14.5 Å². The molecule has 0 saturated carbocycles. The van der Waals surface area contributed by atoms with E-state index in [2.05, 4.69) is 50.1 Å². The van der Waals surface area contributed by atoms with E-state index in [0.29, 0.717) is 6.54 Å². The molecule has 2 heterocycles. The summed E-state index contributed by atoms with van der Waals surface area (Å²) < 4.78 is 6.26. The van der Waals surface area contributed by atoms with Gasteiger partial charge in [-0.25, -0.2) is 0 Å². The Morgan fingerprint density at radius 2 is 1.79 bits per heavy atom. The van der Waals surface area contributed by atoms with Crippen LogP contribution >= 0.6 is 32.9 Å². The third-order valence-corrected chi connectivity index (χ3v) is 5.70. The highest BCUT2D eigenvalue weighted by Crippen LogP contribution is 2.35. The second-order valence-electron chi connectivity index (χ2n) is 7.01. The molecule has 0 aliphatic carbocycles. The van der Waals surface area contributed by atoms with E-state index in [1.807, 2.05) is 36.4 Å². The minimum absolute atomic E-state index is 0. The number of carbonyl (C=O) groups excluding carboxylic acids is 1. The van der Waals surface area contributed by atoms with Crippen molar-refractivity contribution in [2.24, 2.45) is 0 Å². The van der Waals surface area contributed by atoms with E-state index in [-0.39, 0.29) is 22.8 Å². The molecule has 2 aliphatic heterocycles. The van der Waals surface area contributed by atoms with Gasteiger partial charge in [-0.1, -0.05) is 28.1 Å². The zero-order valence-electron chi connectivity index (χ0n) is 16.3. The van der Waals surface area contributed by atoms with Gasteiger partial charge in [0.2, 0.25) is 0 Å². The molecule has 2 aromatic rings. The average Bonchev–Trinajstić information content (AvgIpc) is 2.89. The minimum atomic E-state index is 0. The summed E-state index contributed by atoms with van der Waals surface area (Å²) in [7, 11) is 1.68. The van der Waals surface area contributed by atoms with Crippen LogP contribution in [-0.2, 0) is 0 Å². The molecule has 0 atom stereocenters. The summed E-state index contributed by atoms with van der Waals surface area (Å²) in [5, 5.41) is 0. The smallest absolute Gasteiger partial charge is 0.182 e. The van der Waals surface area contributed by atoms with Gasteiger partial charge in [-0.15, -0.1) is 17.0 Å². The fraction of sp³-hybridized carbons (Fsp3) is 0.261. The summed E-state index contributed by atoms with van der Waals surface area (Å²) in [5.74, 6) is 2.08. The standard InChI is InChI=1S/C23H23BrN2O2.BrH/c1-28-20-12-8-17(9-13-20)21-15-25(23-5-3-2-4-14-26(21)23)16-22(27)18-6-10-19(24)11-7-18;/h5-13,15H,2-4,14,16H2,1H3;1H. The Kier molecular flexibility index (Phi) is 7.19. The minimum Gasteiger partial charge on any atom is -0.497 e. The highest BCUT2D eigenvalue weighted by atomic mass is 79.9. The van der Waals surface area contributed by atoms with Gasteiger partial charge in [0.25, 0.3) is 0 Å². The summed E-state index contributed by atoms with van der Waals surface area (Å²) in [4.78, 5) is 17.3. The second kappa shape index (κ2) is 9.63. The van der Waals surface area contributed by atoms with E-state index < -0.39 is 0 Å². The largest absolute Gasteiger partial charge is 0.497 e. The van der Waals surface area contributed by atoms with Crippen LogP contribution < -0.4 is 4.74 Å². The van der Waals surface area contributed by atoms with Crippen molar-refractivity contribution in [2.75, 3.05) is 20.2 Å². The van der Waals surface area contributed by atoms with Gasteiger partial charge in [-0.05, 0) is 67.3 Å². The zero-order valence-corrected chi connectivity index (χ0v) is 19.6. The van der Waals surface area contributed by atoms with Crippen molar-refractivity contribution in [1.29, 1.82) is 0 Å². The topological polar surface area (TPSA) is 32.8 Å². The normalized spacial score (nSPS) is 15.7. The number of carbonyl (C=O) groups is 1. The number of Topliss-reactive ketones (excluding diaryl/α,β-unsaturated/α-hetero) is 1. The van der Waals surface area contributed by atoms with E-state index in [9.17, 15) is 4.79 Å². The van der Waals surface area contributed by atoms with Gasteiger partial charge in [0.05, 0.1) is 19.4 Å². The van der Waals surface area contributed by atoms with E-state index >= 15 is 0 Å². The molecule has 2 aliphatic rings. The Bertz CT molecular complexity index is 921. The summed E-state index contributed by atoms with van der Waals surface area (Å²) in [6.45, 7) is 1.30. The molecule has 4 rings (SSSR count). The van der Waals surface area contributed by atoms with Crippen LogP contribution in [0.2, 0.25) is 0 Å². The van der Waals surface area contributed by atoms with Crippen LogP contribution in [0.3, 0.4) is 0 Å². The molecular formula is C23H24Br2N2O2. The fourth-order valence-electron chi connectivity index (χ4n) is 3.67. The molecule has 0 spiro atoms. The number of benzene rings is 2. The van der Waals surface area contributed by atoms with Gasteiger partial charge in [0, 0.05) is 22.8 Å². The summed E-state index contributed by atoms with van der Waals surface area (Å²) in [6, 6.07) is 15.7. The Morgan fingerprint density at radius 1 is 1.07 bits per heavy atom. The lowest BCUT2D eigenvalue weighted by atomic mass is 10.1. The third-order valence-electron chi connectivity index (χ3n) is 5.17. The lowest BCUT2D eigenvalue weighted by molar-refractivity contribution is 0.0962. The molecule has 0 amide bonds. The van der Waals surface area contributed by atoms with Gasteiger partial charge >= 0.3 is 0 Å². The first-order chi connectivity index (χ1) is 13.7. The molecule has 0 bridgehead atoms. The predicted octanol–water partition coefficient (Wildman–Crippen LogP) is 5.86. The number of methoxy groups -OCH3 is 1. The predicted molar refractivity (Wildman–Crippen MR) is 125 cm³/mol. The summed E-state index contributed by atoms with van der Waals surface area (Å²) >= 11 is 3.43. The first kappa shape index (κ1) is 21.7. The number of allylic oxidation sites excluding steroid dienone is 1. The number of nitrogens with zero attached hydrogens (tertiary/aromatic N) is 2. The molecule has 0 N–H and O–H groups in total. The lowest BCUT2D eigenvalue weighted by Gasteiger charge is -2.26. The van der Waals surface area contributed by atoms with E-state index in [1.165, 1.54) is 6.42 Å². The molecular weight excluding hydrogens is 496 g/mol. The van der Waals surface area contributed by atoms with Crippen molar-refractivity contribution in [3.8, 4) is 5.75 Å². The SMILES string of the molecule is Br.COc1ccc(C2=CN(CC(=O)c3ccc(Br)cc3)C3=CCCCCN23)cc1. The van der Waals surface area contributed by atoms with Crippen molar-refractivity contribution in [3.63, 3.8) is 0 Å². The molecule has 0 radical (unpaired) electrons. The van der Waals surface area contributed by atoms with Crippen LogP contribution in [0.4, 0.5) is 0 Å². The van der Waals surface area contributed by atoms with Crippen molar-refractivity contribution in [1.82, 2.24) is 9.80 Å². The summed E-state index contributed by atoms with van der Waals surface area (Å²) in [5.41, 5.74) is 3.00. The molecule has 4 nitrogen and oxygen atoms in total. The quantitative estimate of drug-likeness (QED) is 0.463. The van der Waals surface area contributed by atoms with Crippen molar-refractivity contribution >= 4 is 44.4 Å². The maximum Gasteiger partial charge on any atom is 0.182 e. The van der Waals surface area contributed by atoms with Gasteiger partial charge in [-0.2, -0.15) is 0 Å². The Balaban J connectivity index is 0.00000240. The van der Waals surface area contributed by atoms with Gasteiger partial charge in [-0.3, -0.25) is 4.79 Å². The number of hydrogen-bond acceptors (Lipinski definition) is 4. The Labute approximate surface area is 190 Å². The second-order valence-corrected chi connectivity index (χ2v) is 7.93. The number of hydrogen-bond donors (Lipinski definition) is 0. The van der Waals surface area contributed by atoms with E-state index in [4.69, 9.17) is 4.74 Å². The van der Waals surface area contributed by atoms with Crippen molar-refractivity contribution in [2.45, 2.75) is 19.3 Å². The number of halogens is 2. The monoisotopic (exact) mass is 518 g/mol. The Hall–Kier alpha value is -2.05. The molecule has 2 aromatic carbocycles. The highest BCUT2D eigenvalue weighted by molar-refractivity contribution is 9.10. The van der Waals surface area contributed by atoms with Crippen LogP contribution in [0.5, 0.6) is 5.75 Å². The zero-order chi connectivity index (χ0) is 19.5. The van der Waals surface area contributed by atoms with Gasteiger partial charge in [0.15, 0.2) is 5.78 Å². The first-order valence-electron chi connectivity index (χ1n) is 9.55. The highest BCUT2D eigenvalue weighted by Gasteiger charge is 2.29. The number of fused-ring (bicyclic) bond motifs is 1. The van der Waals surface area contributed by atoms with Crippen LogP contribution in [0, 0.1) is 0 Å². The first-order valence-corrected chi connectivity index (χ1v) is 10.3. The van der Waals surface area contributed by atoms with Crippen LogP contribution in [0.25, 0.3) is 5.70 Å². The molecule has 0 unspecified atom stereocenters. The third kappa shape index (κ3) is 4.75.